The van der Waals surface area contributed by atoms with E-state index in [1.807, 2.05) is 6.92 Å². The average molecular weight is 252 g/mol. The predicted molar refractivity (Wildman–Crippen MR) is 71.9 cm³/mol. The van der Waals surface area contributed by atoms with Gasteiger partial charge in [-0.25, -0.2) is 4.39 Å². The Balaban J connectivity index is 2.79. The van der Waals surface area contributed by atoms with Gasteiger partial charge in [-0.3, -0.25) is 4.79 Å². The van der Waals surface area contributed by atoms with Crippen molar-refractivity contribution in [2.75, 3.05) is 11.4 Å². The molecule has 0 aliphatic rings. The maximum atomic E-state index is 13.2. The highest BCUT2D eigenvalue weighted by molar-refractivity contribution is 5.96. The van der Waals surface area contributed by atoms with Gasteiger partial charge in [0, 0.05) is 12.2 Å². The number of benzene rings is 1. The van der Waals surface area contributed by atoms with Crippen molar-refractivity contribution in [2.45, 2.75) is 39.2 Å². The summed E-state index contributed by atoms with van der Waals surface area (Å²) < 4.78 is 13.2. The number of nitrogens with zero attached hydrogens (tertiary/aromatic N) is 1. The molecule has 1 rings (SSSR count). The summed E-state index contributed by atoms with van der Waals surface area (Å²) >= 11 is 0. The van der Waals surface area contributed by atoms with E-state index < -0.39 is 6.04 Å². The van der Waals surface area contributed by atoms with Gasteiger partial charge in [0.05, 0.1) is 6.04 Å². The van der Waals surface area contributed by atoms with Gasteiger partial charge < -0.3 is 10.6 Å². The quantitative estimate of drug-likeness (QED) is 0.846. The molecule has 0 spiro atoms. The second-order valence-corrected chi connectivity index (χ2v) is 4.31. The predicted octanol–water partition coefficient (Wildman–Crippen LogP) is 2.70. The zero-order chi connectivity index (χ0) is 13.5. The second-order valence-electron chi connectivity index (χ2n) is 4.31. The SMILES string of the molecule is CCCC[C@H](N)C(=O)N(CC)c1cccc(F)c1. The maximum Gasteiger partial charge on any atom is 0.243 e. The number of amides is 1. The topological polar surface area (TPSA) is 46.3 Å². The number of anilines is 1. The van der Waals surface area contributed by atoms with Crippen LogP contribution in [0.25, 0.3) is 0 Å². The molecule has 0 saturated heterocycles. The Bertz CT molecular complexity index is 395. The summed E-state index contributed by atoms with van der Waals surface area (Å²) in [6, 6.07) is 5.52. The molecule has 2 N–H and O–H groups in total. The summed E-state index contributed by atoms with van der Waals surface area (Å²) in [5.41, 5.74) is 6.43. The number of unbranched alkanes of at least 4 members (excludes halogenated alkanes) is 1. The van der Waals surface area contributed by atoms with E-state index >= 15 is 0 Å². The number of rotatable bonds is 6. The van der Waals surface area contributed by atoms with Crippen LogP contribution in [0.15, 0.2) is 24.3 Å². The van der Waals surface area contributed by atoms with Crippen molar-refractivity contribution in [1.82, 2.24) is 0 Å². The number of hydrogen-bond acceptors (Lipinski definition) is 2. The van der Waals surface area contributed by atoms with Gasteiger partial charge in [0.25, 0.3) is 0 Å². The molecule has 0 bridgehead atoms. The number of nitrogens with two attached hydrogens (primary N) is 1. The van der Waals surface area contributed by atoms with Crippen molar-refractivity contribution in [1.29, 1.82) is 0 Å². The van der Waals surface area contributed by atoms with Gasteiger partial charge in [-0.1, -0.05) is 25.8 Å². The summed E-state index contributed by atoms with van der Waals surface area (Å²) in [4.78, 5) is 13.7. The lowest BCUT2D eigenvalue weighted by Gasteiger charge is -2.24. The van der Waals surface area contributed by atoms with Crippen molar-refractivity contribution < 1.29 is 9.18 Å². The van der Waals surface area contributed by atoms with Crippen LogP contribution in [0.3, 0.4) is 0 Å². The standard InChI is InChI=1S/C14H21FN2O/c1-3-5-9-13(16)14(18)17(4-2)12-8-6-7-11(15)10-12/h6-8,10,13H,3-5,9,16H2,1-2H3/t13-/m0/s1. The second kappa shape index (κ2) is 7.11. The van der Waals surface area contributed by atoms with E-state index in [1.165, 1.54) is 17.0 Å². The van der Waals surface area contributed by atoms with E-state index in [-0.39, 0.29) is 11.7 Å². The number of hydrogen-bond donors (Lipinski definition) is 1. The summed E-state index contributed by atoms with van der Waals surface area (Å²) in [5, 5.41) is 0. The Morgan fingerprint density at radius 3 is 2.72 bits per heavy atom. The molecule has 1 amide bonds. The zero-order valence-corrected chi connectivity index (χ0v) is 11.0. The van der Waals surface area contributed by atoms with Gasteiger partial charge >= 0.3 is 0 Å². The van der Waals surface area contributed by atoms with Crippen molar-refractivity contribution >= 4 is 11.6 Å². The molecular weight excluding hydrogens is 231 g/mol. The minimum atomic E-state index is -0.506. The fraction of sp³-hybridized carbons (Fsp3) is 0.500. The van der Waals surface area contributed by atoms with E-state index in [1.54, 1.807) is 12.1 Å². The molecule has 0 fully saturated rings. The lowest BCUT2D eigenvalue weighted by Crippen LogP contribution is -2.43. The number of carbonyl (C=O) groups is 1. The molecular formula is C14H21FN2O. The van der Waals surface area contributed by atoms with Crippen LogP contribution in [-0.2, 0) is 4.79 Å². The van der Waals surface area contributed by atoms with Crippen LogP contribution in [0.1, 0.15) is 33.1 Å². The maximum absolute atomic E-state index is 13.2. The van der Waals surface area contributed by atoms with Gasteiger partial charge in [0.2, 0.25) is 5.91 Å². The summed E-state index contributed by atoms with van der Waals surface area (Å²) in [6.45, 7) is 4.40. The molecule has 0 heterocycles. The van der Waals surface area contributed by atoms with E-state index in [4.69, 9.17) is 5.73 Å². The van der Waals surface area contributed by atoms with Crippen LogP contribution in [0, 0.1) is 5.82 Å². The van der Waals surface area contributed by atoms with Gasteiger partial charge in [0.1, 0.15) is 5.82 Å². The zero-order valence-electron chi connectivity index (χ0n) is 11.0. The van der Waals surface area contributed by atoms with Crippen LogP contribution in [-0.4, -0.2) is 18.5 Å². The number of halogens is 1. The smallest absolute Gasteiger partial charge is 0.243 e. The molecule has 1 atom stereocenters. The minimum absolute atomic E-state index is 0.142. The molecule has 3 nitrogen and oxygen atoms in total. The average Bonchev–Trinajstić information content (AvgIpc) is 2.36. The summed E-state index contributed by atoms with van der Waals surface area (Å²) in [5.74, 6) is -0.488. The minimum Gasteiger partial charge on any atom is -0.320 e. The highest BCUT2D eigenvalue weighted by Crippen LogP contribution is 2.17. The lowest BCUT2D eigenvalue weighted by molar-refractivity contribution is -0.119. The van der Waals surface area contributed by atoms with Crippen LogP contribution >= 0.6 is 0 Å². The van der Waals surface area contributed by atoms with Gasteiger partial charge in [0.15, 0.2) is 0 Å². The third kappa shape index (κ3) is 3.81. The molecule has 0 saturated carbocycles. The Labute approximate surface area is 108 Å². The van der Waals surface area contributed by atoms with Crippen LogP contribution < -0.4 is 10.6 Å². The van der Waals surface area contributed by atoms with Crippen molar-refractivity contribution in [3.05, 3.63) is 30.1 Å². The Morgan fingerprint density at radius 1 is 1.44 bits per heavy atom. The first-order valence-corrected chi connectivity index (χ1v) is 6.42. The fourth-order valence-electron chi connectivity index (χ4n) is 1.86. The molecule has 0 aromatic heterocycles. The molecule has 18 heavy (non-hydrogen) atoms. The fourth-order valence-corrected chi connectivity index (χ4v) is 1.86. The molecule has 0 radical (unpaired) electrons. The molecule has 1 aromatic rings. The normalized spacial score (nSPS) is 12.2. The van der Waals surface area contributed by atoms with Crippen LogP contribution in [0.5, 0.6) is 0 Å². The van der Waals surface area contributed by atoms with Gasteiger partial charge in [-0.15, -0.1) is 0 Å². The molecule has 0 aliphatic carbocycles. The number of carbonyl (C=O) groups excluding carboxylic acids is 1. The summed E-state index contributed by atoms with van der Waals surface area (Å²) in [7, 11) is 0. The third-order valence-electron chi connectivity index (χ3n) is 2.89. The third-order valence-corrected chi connectivity index (χ3v) is 2.89. The Hall–Kier alpha value is -1.42. The van der Waals surface area contributed by atoms with Crippen molar-refractivity contribution in [2.24, 2.45) is 5.73 Å². The molecule has 1 aromatic carbocycles. The van der Waals surface area contributed by atoms with E-state index in [0.717, 1.165) is 12.8 Å². The van der Waals surface area contributed by atoms with E-state index in [9.17, 15) is 9.18 Å². The van der Waals surface area contributed by atoms with E-state index in [0.29, 0.717) is 18.7 Å². The van der Waals surface area contributed by atoms with Gasteiger partial charge in [-0.2, -0.15) is 0 Å². The van der Waals surface area contributed by atoms with Crippen molar-refractivity contribution in [3.63, 3.8) is 0 Å². The molecule has 0 aliphatic heterocycles. The lowest BCUT2D eigenvalue weighted by atomic mass is 10.1. The largest absolute Gasteiger partial charge is 0.320 e. The van der Waals surface area contributed by atoms with Gasteiger partial charge in [-0.05, 0) is 31.5 Å². The van der Waals surface area contributed by atoms with E-state index in [2.05, 4.69) is 6.92 Å². The van der Waals surface area contributed by atoms with Crippen LogP contribution in [0.4, 0.5) is 10.1 Å². The molecule has 0 unspecified atom stereocenters. The number of likely N-dealkylation sites (N-methyl/N-ethyl adjacent to an activating group) is 1. The highest BCUT2D eigenvalue weighted by atomic mass is 19.1. The monoisotopic (exact) mass is 252 g/mol. The first-order valence-electron chi connectivity index (χ1n) is 6.42. The Kier molecular flexibility index (Phi) is 5.78. The Morgan fingerprint density at radius 2 is 2.17 bits per heavy atom. The van der Waals surface area contributed by atoms with Crippen molar-refractivity contribution in [3.8, 4) is 0 Å². The molecule has 4 heteroatoms. The molecule has 100 valence electrons. The first kappa shape index (κ1) is 14.6. The van der Waals surface area contributed by atoms with Crippen LogP contribution in [0.2, 0.25) is 0 Å². The first-order chi connectivity index (χ1) is 8.60. The highest BCUT2D eigenvalue weighted by Gasteiger charge is 2.20. The summed E-state index contributed by atoms with van der Waals surface area (Å²) in [6.07, 6.45) is 2.60.